The van der Waals surface area contributed by atoms with Gasteiger partial charge < -0.3 is 5.32 Å². The summed E-state index contributed by atoms with van der Waals surface area (Å²) in [6.07, 6.45) is 9.89. The molecule has 0 rings (SSSR count). The van der Waals surface area contributed by atoms with E-state index in [4.69, 9.17) is 0 Å². The maximum absolute atomic E-state index is 3.79. The zero-order valence-corrected chi connectivity index (χ0v) is 9.31. The molecule has 0 spiro atoms. The summed E-state index contributed by atoms with van der Waals surface area (Å²) in [5.41, 5.74) is 0. The van der Waals surface area contributed by atoms with Crippen molar-refractivity contribution in [3.05, 3.63) is 12.7 Å². The van der Waals surface area contributed by atoms with Gasteiger partial charge >= 0.3 is 0 Å². The smallest absolute Gasteiger partial charge is 0.0101 e. The van der Waals surface area contributed by atoms with E-state index in [9.17, 15) is 0 Å². The lowest BCUT2D eigenvalue weighted by Crippen LogP contribution is -2.28. The number of nitrogens with one attached hydrogen (secondary N) is 1. The van der Waals surface area contributed by atoms with Crippen molar-refractivity contribution in [2.45, 2.75) is 58.4 Å². The number of hydrogen-bond acceptors (Lipinski definition) is 1. The molecule has 78 valence electrons. The van der Waals surface area contributed by atoms with Crippen LogP contribution in [0.25, 0.3) is 0 Å². The lowest BCUT2D eigenvalue weighted by molar-refractivity contribution is 0.469. The van der Waals surface area contributed by atoms with Crippen molar-refractivity contribution in [1.29, 1.82) is 0 Å². The van der Waals surface area contributed by atoms with Gasteiger partial charge in [-0.15, -0.1) is 6.58 Å². The van der Waals surface area contributed by atoms with Crippen molar-refractivity contribution in [3.63, 3.8) is 0 Å². The van der Waals surface area contributed by atoms with Crippen LogP contribution < -0.4 is 5.32 Å². The minimum absolute atomic E-state index is 0.666. The zero-order valence-electron chi connectivity index (χ0n) is 9.31. The lowest BCUT2D eigenvalue weighted by Gasteiger charge is -2.15. The van der Waals surface area contributed by atoms with Gasteiger partial charge in [-0.1, -0.05) is 45.6 Å². The van der Waals surface area contributed by atoms with E-state index in [1.165, 1.54) is 32.1 Å². The van der Waals surface area contributed by atoms with Gasteiger partial charge in [0, 0.05) is 6.04 Å². The van der Waals surface area contributed by atoms with E-state index >= 15 is 0 Å². The molecule has 0 aliphatic heterocycles. The van der Waals surface area contributed by atoms with Gasteiger partial charge in [-0.2, -0.15) is 0 Å². The van der Waals surface area contributed by atoms with Gasteiger partial charge in [0.05, 0.1) is 0 Å². The highest BCUT2D eigenvalue weighted by Crippen LogP contribution is 2.08. The van der Waals surface area contributed by atoms with Gasteiger partial charge in [0.25, 0.3) is 0 Å². The first-order valence-corrected chi connectivity index (χ1v) is 5.69. The molecule has 0 amide bonds. The van der Waals surface area contributed by atoms with Gasteiger partial charge in [-0.05, 0) is 19.4 Å². The average Bonchev–Trinajstić information content (AvgIpc) is 2.13. The summed E-state index contributed by atoms with van der Waals surface area (Å²) >= 11 is 0. The second kappa shape index (κ2) is 9.79. The standard InChI is InChI=1S/C12H25N/c1-4-7-8-9-11-12(10-5-2)13-6-3/h5,12-13H,2,4,6-11H2,1,3H3. The summed E-state index contributed by atoms with van der Waals surface area (Å²) in [5.74, 6) is 0. The van der Waals surface area contributed by atoms with Crippen LogP contribution in [0.5, 0.6) is 0 Å². The molecule has 0 bridgehead atoms. The molecule has 0 radical (unpaired) electrons. The number of hydrogen-bond donors (Lipinski definition) is 1. The predicted molar refractivity (Wildman–Crippen MR) is 61.0 cm³/mol. The van der Waals surface area contributed by atoms with E-state index in [0.717, 1.165) is 13.0 Å². The summed E-state index contributed by atoms with van der Waals surface area (Å²) in [7, 11) is 0. The van der Waals surface area contributed by atoms with Crippen LogP contribution in [0.2, 0.25) is 0 Å². The fourth-order valence-corrected chi connectivity index (χ4v) is 1.61. The molecule has 0 aliphatic carbocycles. The Morgan fingerprint density at radius 2 is 2.00 bits per heavy atom. The first kappa shape index (κ1) is 12.7. The van der Waals surface area contributed by atoms with E-state index in [1.54, 1.807) is 0 Å². The maximum atomic E-state index is 3.79. The largest absolute Gasteiger partial charge is 0.314 e. The molecular formula is C12H25N. The first-order chi connectivity index (χ1) is 6.35. The lowest BCUT2D eigenvalue weighted by atomic mass is 10.0. The van der Waals surface area contributed by atoms with Gasteiger partial charge in [-0.25, -0.2) is 0 Å². The van der Waals surface area contributed by atoms with Crippen LogP contribution in [0, 0.1) is 0 Å². The molecule has 0 aromatic rings. The monoisotopic (exact) mass is 183 g/mol. The Kier molecular flexibility index (Phi) is 9.56. The Labute approximate surface area is 83.6 Å². The van der Waals surface area contributed by atoms with Crippen LogP contribution in [-0.2, 0) is 0 Å². The van der Waals surface area contributed by atoms with Crippen LogP contribution in [0.4, 0.5) is 0 Å². The molecule has 1 nitrogen and oxygen atoms in total. The van der Waals surface area contributed by atoms with E-state index < -0.39 is 0 Å². The molecule has 0 fully saturated rings. The molecular weight excluding hydrogens is 158 g/mol. The second-order valence-corrected chi connectivity index (χ2v) is 3.63. The van der Waals surface area contributed by atoms with Gasteiger partial charge in [0.2, 0.25) is 0 Å². The molecule has 0 saturated carbocycles. The topological polar surface area (TPSA) is 12.0 Å². The third-order valence-electron chi connectivity index (χ3n) is 2.35. The maximum Gasteiger partial charge on any atom is 0.0101 e. The Morgan fingerprint density at radius 3 is 2.54 bits per heavy atom. The van der Waals surface area contributed by atoms with Crippen molar-refractivity contribution < 1.29 is 0 Å². The summed E-state index contributed by atoms with van der Waals surface area (Å²) in [5, 5.41) is 3.49. The van der Waals surface area contributed by atoms with Crippen molar-refractivity contribution in [2.24, 2.45) is 0 Å². The van der Waals surface area contributed by atoms with E-state index in [1.807, 2.05) is 6.08 Å². The second-order valence-electron chi connectivity index (χ2n) is 3.63. The molecule has 1 atom stereocenters. The molecule has 1 unspecified atom stereocenters. The fraction of sp³-hybridized carbons (Fsp3) is 0.833. The first-order valence-electron chi connectivity index (χ1n) is 5.69. The highest BCUT2D eigenvalue weighted by molar-refractivity contribution is 4.77. The molecule has 0 aromatic heterocycles. The number of unbranched alkanes of at least 4 members (excludes halogenated alkanes) is 3. The van der Waals surface area contributed by atoms with Crippen LogP contribution >= 0.6 is 0 Å². The average molecular weight is 183 g/mol. The van der Waals surface area contributed by atoms with Crippen molar-refractivity contribution in [1.82, 2.24) is 5.32 Å². The normalized spacial score (nSPS) is 12.8. The Balaban J connectivity index is 3.38. The van der Waals surface area contributed by atoms with Crippen molar-refractivity contribution in [2.75, 3.05) is 6.54 Å². The molecule has 0 aliphatic rings. The molecule has 0 heterocycles. The van der Waals surface area contributed by atoms with Crippen LogP contribution in [0.15, 0.2) is 12.7 Å². The molecule has 13 heavy (non-hydrogen) atoms. The molecule has 0 aromatic carbocycles. The summed E-state index contributed by atoms with van der Waals surface area (Å²) in [6.45, 7) is 9.29. The quantitative estimate of drug-likeness (QED) is 0.426. The molecule has 0 saturated heterocycles. The Hall–Kier alpha value is -0.300. The fourth-order valence-electron chi connectivity index (χ4n) is 1.61. The minimum Gasteiger partial charge on any atom is -0.314 e. The van der Waals surface area contributed by atoms with Crippen LogP contribution in [0.1, 0.15) is 52.4 Å². The minimum atomic E-state index is 0.666. The summed E-state index contributed by atoms with van der Waals surface area (Å²) in [6, 6.07) is 0.666. The summed E-state index contributed by atoms with van der Waals surface area (Å²) in [4.78, 5) is 0. The number of rotatable bonds is 9. The van der Waals surface area contributed by atoms with Crippen molar-refractivity contribution >= 4 is 0 Å². The van der Waals surface area contributed by atoms with Gasteiger partial charge in [0.1, 0.15) is 0 Å². The Bertz CT molecular complexity index is 110. The third-order valence-corrected chi connectivity index (χ3v) is 2.35. The zero-order chi connectivity index (χ0) is 9.94. The highest BCUT2D eigenvalue weighted by atomic mass is 14.9. The molecule has 1 N–H and O–H groups in total. The van der Waals surface area contributed by atoms with E-state index in [0.29, 0.717) is 6.04 Å². The molecule has 1 heteroatoms. The van der Waals surface area contributed by atoms with E-state index in [2.05, 4.69) is 25.7 Å². The third kappa shape index (κ3) is 8.04. The predicted octanol–water partition coefficient (Wildman–Crippen LogP) is 3.51. The summed E-state index contributed by atoms with van der Waals surface area (Å²) < 4.78 is 0. The van der Waals surface area contributed by atoms with Gasteiger partial charge in [-0.3, -0.25) is 0 Å². The van der Waals surface area contributed by atoms with E-state index in [-0.39, 0.29) is 0 Å². The van der Waals surface area contributed by atoms with Crippen LogP contribution in [0.3, 0.4) is 0 Å². The van der Waals surface area contributed by atoms with Crippen LogP contribution in [-0.4, -0.2) is 12.6 Å². The van der Waals surface area contributed by atoms with Gasteiger partial charge in [0.15, 0.2) is 0 Å². The van der Waals surface area contributed by atoms with Crippen molar-refractivity contribution in [3.8, 4) is 0 Å². The Morgan fingerprint density at radius 1 is 1.23 bits per heavy atom. The SMILES string of the molecule is C=CCC(CCCCCC)NCC. The highest BCUT2D eigenvalue weighted by Gasteiger charge is 2.03.